The Bertz CT molecular complexity index is 502. The summed E-state index contributed by atoms with van der Waals surface area (Å²) in [6.45, 7) is 1.98. The van der Waals surface area contributed by atoms with Gasteiger partial charge < -0.3 is 0 Å². The molecule has 4 nitrogen and oxygen atoms in total. The maximum Gasteiger partial charge on any atom is 0.158 e. The van der Waals surface area contributed by atoms with Gasteiger partial charge in [0.1, 0.15) is 6.33 Å². The predicted octanol–water partition coefficient (Wildman–Crippen LogP) is 1.60. The molecule has 0 fully saturated rings. The number of aldehydes is 1. The third kappa shape index (κ3) is 1.66. The first-order valence-corrected chi connectivity index (χ1v) is 4.62. The van der Waals surface area contributed by atoms with Crippen LogP contribution >= 0.6 is 0 Å². The molecule has 0 aliphatic heterocycles. The van der Waals surface area contributed by atoms with Crippen LogP contribution in [0.3, 0.4) is 0 Å². The fraction of sp³-hybridized carbons (Fsp3) is 0.182. The van der Waals surface area contributed by atoms with E-state index >= 15 is 0 Å². The Morgan fingerprint density at radius 3 is 2.80 bits per heavy atom. The highest BCUT2D eigenvalue weighted by molar-refractivity contribution is 5.85. The highest BCUT2D eigenvalue weighted by atomic mass is 16.1. The van der Waals surface area contributed by atoms with Crippen molar-refractivity contribution in [3.05, 3.63) is 35.7 Å². The van der Waals surface area contributed by atoms with E-state index in [2.05, 4.69) is 10.1 Å². The molecule has 1 aromatic carbocycles. The third-order valence-electron chi connectivity index (χ3n) is 2.29. The summed E-state index contributed by atoms with van der Waals surface area (Å²) in [5, 5.41) is 3.99. The minimum Gasteiger partial charge on any atom is -0.298 e. The molecule has 1 heterocycles. The first-order chi connectivity index (χ1) is 7.22. The van der Waals surface area contributed by atoms with E-state index in [9.17, 15) is 4.79 Å². The van der Waals surface area contributed by atoms with Crippen LogP contribution in [0.15, 0.2) is 24.5 Å². The van der Waals surface area contributed by atoms with E-state index in [1.165, 1.54) is 6.33 Å². The Labute approximate surface area is 87.6 Å². The minimum absolute atomic E-state index is 0.636. The van der Waals surface area contributed by atoms with E-state index in [4.69, 9.17) is 0 Å². The first kappa shape index (κ1) is 9.58. The zero-order valence-corrected chi connectivity index (χ0v) is 8.64. The second kappa shape index (κ2) is 3.65. The molecule has 1 aromatic heterocycles. The van der Waals surface area contributed by atoms with Gasteiger partial charge in [0, 0.05) is 18.2 Å². The van der Waals surface area contributed by atoms with E-state index in [1.807, 2.05) is 19.1 Å². The van der Waals surface area contributed by atoms with Gasteiger partial charge >= 0.3 is 0 Å². The fourth-order valence-corrected chi connectivity index (χ4v) is 1.51. The second-order valence-corrected chi connectivity index (χ2v) is 3.42. The number of carbonyl (C=O) groups excluding carboxylic acids is 1. The largest absolute Gasteiger partial charge is 0.298 e. The van der Waals surface area contributed by atoms with Crippen LogP contribution in [0.5, 0.6) is 0 Å². The fourth-order valence-electron chi connectivity index (χ4n) is 1.51. The second-order valence-electron chi connectivity index (χ2n) is 3.42. The zero-order valence-electron chi connectivity index (χ0n) is 8.64. The third-order valence-corrected chi connectivity index (χ3v) is 2.29. The van der Waals surface area contributed by atoms with Gasteiger partial charge in [0.2, 0.25) is 0 Å². The summed E-state index contributed by atoms with van der Waals surface area (Å²) in [6, 6.07) is 5.64. The number of rotatable bonds is 2. The molecular weight excluding hydrogens is 190 g/mol. The molecule has 0 N–H and O–H groups in total. The SMILES string of the molecule is Cc1ccc(C=O)c(-c2ncnn2C)c1. The van der Waals surface area contributed by atoms with Crippen molar-refractivity contribution in [2.75, 3.05) is 0 Å². The molecule has 0 saturated heterocycles. The lowest BCUT2D eigenvalue weighted by Gasteiger charge is -2.04. The van der Waals surface area contributed by atoms with Crippen LogP contribution in [0.4, 0.5) is 0 Å². The van der Waals surface area contributed by atoms with E-state index in [-0.39, 0.29) is 0 Å². The summed E-state index contributed by atoms with van der Waals surface area (Å²) in [5.41, 5.74) is 2.56. The van der Waals surface area contributed by atoms with Gasteiger partial charge in [-0.3, -0.25) is 4.79 Å². The van der Waals surface area contributed by atoms with Gasteiger partial charge in [0.25, 0.3) is 0 Å². The monoisotopic (exact) mass is 201 g/mol. The smallest absolute Gasteiger partial charge is 0.158 e. The van der Waals surface area contributed by atoms with Crippen molar-refractivity contribution in [3.63, 3.8) is 0 Å². The summed E-state index contributed by atoms with van der Waals surface area (Å²) in [6.07, 6.45) is 2.32. The molecule has 0 bridgehead atoms. The molecule has 0 aliphatic rings. The molecule has 0 atom stereocenters. The molecule has 0 unspecified atom stereocenters. The molecule has 0 radical (unpaired) electrons. The van der Waals surface area contributed by atoms with Crippen molar-refractivity contribution >= 4 is 6.29 Å². The molecule has 0 amide bonds. The van der Waals surface area contributed by atoms with E-state index in [0.717, 1.165) is 17.4 Å². The van der Waals surface area contributed by atoms with E-state index in [1.54, 1.807) is 17.8 Å². The molecule has 76 valence electrons. The van der Waals surface area contributed by atoms with E-state index < -0.39 is 0 Å². The summed E-state index contributed by atoms with van der Waals surface area (Å²) < 4.78 is 1.65. The maximum atomic E-state index is 10.9. The highest BCUT2D eigenvalue weighted by Gasteiger charge is 2.09. The van der Waals surface area contributed by atoms with Crippen molar-refractivity contribution in [2.24, 2.45) is 7.05 Å². The Morgan fingerprint density at radius 2 is 2.20 bits per heavy atom. The molecule has 0 spiro atoms. The molecule has 15 heavy (non-hydrogen) atoms. The van der Waals surface area contributed by atoms with Gasteiger partial charge in [-0.05, 0) is 13.0 Å². The standard InChI is InChI=1S/C11H11N3O/c1-8-3-4-9(6-15)10(5-8)11-12-7-13-14(11)2/h3-7H,1-2H3. The van der Waals surface area contributed by atoms with Gasteiger partial charge in [0.15, 0.2) is 12.1 Å². The van der Waals surface area contributed by atoms with Crippen molar-refractivity contribution in [1.82, 2.24) is 14.8 Å². The summed E-state index contributed by atoms with van der Waals surface area (Å²) >= 11 is 0. The number of hydrogen-bond acceptors (Lipinski definition) is 3. The van der Waals surface area contributed by atoms with E-state index in [0.29, 0.717) is 11.4 Å². The molecular formula is C11H11N3O. The van der Waals surface area contributed by atoms with Crippen LogP contribution in [0.1, 0.15) is 15.9 Å². The van der Waals surface area contributed by atoms with Crippen molar-refractivity contribution in [3.8, 4) is 11.4 Å². The number of benzene rings is 1. The Kier molecular flexibility index (Phi) is 2.33. The first-order valence-electron chi connectivity index (χ1n) is 4.62. The van der Waals surface area contributed by atoms with Crippen LogP contribution < -0.4 is 0 Å². The quantitative estimate of drug-likeness (QED) is 0.693. The lowest BCUT2D eigenvalue weighted by atomic mass is 10.0. The molecule has 2 aromatic rings. The lowest BCUT2D eigenvalue weighted by molar-refractivity contribution is 0.112. The van der Waals surface area contributed by atoms with Crippen LogP contribution in [0, 0.1) is 6.92 Å². The Balaban J connectivity index is 2.65. The van der Waals surface area contributed by atoms with Crippen molar-refractivity contribution in [2.45, 2.75) is 6.92 Å². The number of aryl methyl sites for hydroxylation is 2. The van der Waals surface area contributed by atoms with Crippen molar-refractivity contribution < 1.29 is 4.79 Å². The summed E-state index contributed by atoms with van der Waals surface area (Å²) in [7, 11) is 1.80. The Morgan fingerprint density at radius 1 is 1.40 bits per heavy atom. The van der Waals surface area contributed by atoms with Crippen molar-refractivity contribution in [1.29, 1.82) is 0 Å². The van der Waals surface area contributed by atoms with Gasteiger partial charge in [-0.15, -0.1) is 0 Å². The average molecular weight is 201 g/mol. The van der Waals surface area contributed by atoms with Gasteiger partial charge in [-0.1, -0.05) is 17.7 Å². The van der Waals surface area contributed by atoms with Gasteiger partial charge in [-0.25, -0.2) is 9.67 Å². The average Bonchev–Trinajstić information content (AvgIpc) is 2.64. The summed E-state index contributed by atoms with van der Waals surface area (Å²) in [4.78, 5) is 15.0. The summed E-state index contributed by atoms with van der Waals surface area (Å²) in [5.74, 6) is 0.709. The van der Waals surface area contributed by atoms with Crippen LogP contribution in [0.25, 0.3) is 11.4 Å². The highest BCUT2D eigenvalue weighted by Crippen LogP contribution is 2.20. The minimum atomic E-state index is 0.636. The molecule has 2 rings (SSSR count). The topological polar surface area (TPSA) is 47.8 Å². The van der Waals surface area contributed by atoms with Gasteiger partial charge in [0.05, 0.1) is 0 Å². The number of nitrogens with zero attached hydrogens (tertiary/aromatic N) is 3. The molecule has 0 saturated carbocycles. The number of hydrogen-bond donors (Lipinski definition) is 0. The predicted molar refractivity (Wildman–Crippen MR) is 56.6 cm³/mol. The number of aromatic nitrogens is 3. The zero-order chi connectivity index (χ0) is 10.8. The number of carbonyl (C=O) groups is 1. The molecule has 0 aliphatic carbocycles. The maximum absolute atomic E-state index is 10.9. The Hall–Kier alpha value is -1.97. The molecule has 4 heteroatoms. The van der Waals surface area contributed by atoms with Crippen LogP contribution in [-0.2, 0) is 7.05 Å². The van der Waals surface area contributed by atoms with Gasteiger partial charge in [-0.2, -0.15) is 5.10 Å². The normalized spacial score (nSPS) is 10.3. The van der Waals surface area contributed by atoms with Crippen LogP contribution in [-0.4, -0.2) is 21.1 Å². The van der Waals surface area contributed by atoms with Crippen LogP contribution in [0.2, 0.25) is 0 Å². The lowest BCUT2D eigenvalue weighted by Crippen LogP contribution is -1.98.